The Labute approximate surface area is 348 Å². The molecule has 328 valence electrons. The zero-order chi connectivity index (χ0) is 44.3. The number of hydrogen-bond acceptors (Lipinski definition) is 20. The van der Waals surface area contributed by atoms with Crippen molar-refractivity contribution in [3.8, 4) is 62.7 Å². The molecule has 8 rings (SSSR count). The molecule has 0 spiro atoms. The molecule has 0 radical (unpaired) electrons. The lowest BCUT2D eigenvalue weighted by Gasteiger charge is -2.39. The van der Waals surface area contributed by atoms with E-state index in [1.807, 2.05) is 0 Å². The number of ketones is 1. The minimum atomic E-state index is -1.94. The molecular weight excluding hydrogens is 824 g/mol. The summed E-state index contributed by atoms with van der Waals surface area (Å²) in [4.78, 5) is 27.3. The highest BCUT2D eigenvalue weighted by atomic mass is 16.7. The summed E-state index contributed by atoms with van der Waals surface area (Å²) in [5, 5.41) is 125. The molecule has 0 aliphatic carbocycles. The lowest BCUT2D eigenvalue weighted by atomic mass is 9.92. The van der Waals surface area contributed by atoms with Crippen LogP contribution in [0.25, 0.3) is 33.4 Å². The standard InChI is InChI=1S/C42H40O20/c43-13-29-34(51)36(53)38(55)41(61-29)57-18-8-21(47)32-22(48)10-26(58-27(32)9-18)16-3-6-20(46)19(7-16)31-28(60-42-39(56)37(54)35(52)30(14-44)62-42)12-24(50)33-23(49)11-25(59-40(31)33)15-1-4-17(45)5-2-15/h1-9,11-12,26,29-30,34-39,41-47,50-56H,10,13-14H2. The average molecular weight is 865 g/mol. The first kappa shape index (κ1) is 42.6. The lowest BCUT2D eigenvalue weighted by Crippen LogP contribution is -2.60. The van der Waals surface area contributed by atoms with E-state index in [0.29, 0.717) is 5.56 Å². The van der Waals surface area contributed by atoms with Gasteiger partial charge in [-0.1, -0.05) is 6.07 Å². The Morgan fingerprint density at radius 3 is 1.89 bits per heavy atom. The summed E-state index contributed by atoms with van der Waals surface area (Å²) >= 11 is 0. The second-order valence-electron chi connectivity index (χ2n) is 15.0. The van der Waals surface area contributed by atoms with E-state index in [1.165, 1.54) is 48.5 Å². The SMILES string of the molecule is O=C1CC(c2ccc(O)c(-c3c(OC4OC(CO)C(O)C(O)C4O)cc(O)c4c(=O)cc(-c5ccc(O)cc5)oc34)c2)Oc2cc(OC3OC(CO)C(O)C(O)C3O)cc(O)c21. The Kier molecular flexibility index (Phi) is 11.5. The van der Waals surface area contributed by atoms with Crippen molar-refractivity contribution >= 4 is 16.8 Å². The van der Waals surface area contributed by atoms with Crippen molar-refractivity contribution in [3.05, 3.63) is 88.1 Å². The topological polar surface area (TPSA) is 336 Å². The van der Waals surface area contributed by atoms with Crippen LogP contribution in [0.3, 0.4) is 0 Å². The van der Waals surface area contributed by atoms with Crippen LogP contribution in [0.1, 0.15) is 28.4 Å². The summed E-state index contributed by atoms with van der Waals surface area (Å²) in [5.41, 5.74) is -1.26. The summed E-state index contributed by atoms with van der Waals surface area (Å²) in [5.74, 6) is -3.34. The number of fused-ring (bicyclic) bond motifs is 2. The van der Waals surface area contributed by atoms with Gasteiger partial charge in [-0.15, -0.1) is 0 Å². The average Bonchev–Trinajstić information content (AvgIpc) is 3.24. The molecule has 20 nitrogen and oxygen atoms in total. The fourth-order valence-corrected chi connectivity index (χ4v) is 7.62. The number of aliphatic hydroxyl groups is 8. The molecule has 11 atom stereocenters. The second kappa shape index (κ2) is 16.7. The zero-order valence-corrected chi connectivity index (χ0v) is 32.0. The van der Waals surface area contributed by atoms with Crippen LogP contribution in [0.4, 0.5) is 0 Å². The molecule has 12 N–H and O–H groups in total. The molecule has 0 amide bonds. The highest BCUT2D eigenvalue weighted by molar-refractivity contribution is 6.03. The molecule has 0 bridgehead atoms. The van der Waals surface area contributed by atoms with Gasteiger partial charge < -0.3 is 89.4 Å². The maximum atomic E-state index is 13.7. The smallest absolute Gasteiger partial charge is 0.229 e. The van der Waals surface area contributed by atoms with E-state index in [1.54, 1.807) is 0 Å². The van der Waals surface area contributed by atoms with Crippen molar-refractivity contribution in [2.45, 2.75) is 73.9 Å². The lowest BCUT2D eigenvalue weighted by molar-refractivity contribution is -0.277. The molecule has 2 saturated heterocycles. The van der Waals surface area contributed by atoms with Gasteiger partial charge in [0, 0.05) is 35.4 Å². The number of carbonyl (C=O) groups excluding carboxylic acids is 1. The first-order chi connectivity index (χ1) is 29.6. The highest BCUT2D eigenvalue weighted by Crippen LogP contribution is 2.48. The van der Waals surface area contributed by atoms with Crippen LogP contribution in [-0.2, 0) is 9.47 Å². The van der Waals surface area contributed by atoms with Crippen molar-refractivity contribution in [1.29, 1.82) is 0 Å². The number of hydrogen-bond donors (Lipinski definition) is 12. The van der Waals surface area contributed by atoms with Crippen LogP contribution in [0, 0.1) is 0 Å². The number of benzene rings is 4. The number of Topliss-reactive ketones (excluding diaryl/α,β-unsaturated/α-hetero) is 1. The van der Waals surface area contributed by atoms with Crippen LogP contribution < -0.4 is 19.6 Å². The van der Waals surface area contributed by atoms with Gasteiger partial charge in [0.05, 0.1) is 25.2 Å². The Morgan fingerprint density at radius 1 is 0.629 bits per heavy atom. The largest absolute Gasteiger partial charge is 0.508 e. The number of aromatic hydroxyl groups is 4. The maximum Gasteiger partial charge on any atom is 0.229 e. The third-order valence-corrected chi connectivity index (χ3v) is 10.9. The zero-order valence-electron chi connectivity index (χ0n) is 32.0. The van der Waals surface area contributed by atoms with E-state index in [4.69, 9.17) is 28.1 Å². The van der Waals surface area contributed by atoms with Gasteiger partial charge in [0.15, 0.2) is 16.8 Å². The van der Waals surface area contributed by atoms with E-state index < -0.39 is 120 Å². The molecule has 2 fully saturated rings. The van der Waals surface area contributed by atoms with Crippen molar-refractivity contribution in [3.63, 3.8) is 0 Å². The highest BCUT2D eigenvalue weighted by Gasteiger charge is 2.46. The Hall–Kier alpha value is -6.04. The number of rotatable bonds is 9. The summed E-state index contributed by atoms with van der Waals surface area (Å²) in [6.45, 7) is -1.54. The number of carbonyl (C=O) groups is 1. The van der Waals surface area contributed by atoms with Gasteiger partial charge >= 0.3 is 0 Å². The number of phenols is 4. The van der Waals surface area contributed by atoms with Crippen LogP contribution in [-0.4, -0.2) is 142 Å². The van der Waals surface area contributed by atoms with E-state index in [9.17, 15) is 70.9 Å². The molecule has 5 aromatic rings. The fourth-order valence-electron chi connectivity index (χ4n) is 7.62. The van der Waals surface area contributed by atoms with Crippen LogP contribution in [0.2, 0.25) is 0 Å². The van der Waals surface area contributed by atoms with Crippen LogP contribution in [0.5, 0.6) is 40.2 Å². The normalized spacial score (nSPS) is 28.6. The molecule has 1 aromatic heterocycles. The van der Waals surface area contributed by atoms with Crippen LogP contribution >= 0.6 is 0 Å². The minimum absolute atomic E-state index is 0.0665. The number of ether oxygens (including phenoxy) is 5. The molecule has 3 aliphatic rings. The van der Waals surface area contributed by atoms with E-state index in [-0.39, 0.29) is 57.3 Å². The predicted molar refractivity (Wildman–Crippen MR) is 208 cm³/mol. The summed E-state index contributed by atoms with van der Waals surface area (Å²) < 4.78 is 35.0. The van der Waals surface area contributed by atoms with Gasteiger partial charge in [0.1, 0.15) is 112 Å². The quantitative estimate of drug-likeness (QED) is 0.0929. The molecule has 0 saturated carbocycles. The van der Waals surface area contributed by atoms with Crippen molar-refractivity contribution < 1.29 is 94.2 Å². The summed E-state index contributed by atoms with van der Waals surface area (Å²) in [7, 11) is 0. The van der Waals surface area contributed by atoms with Crippen LogP contribution in [0.15, 0.2) is 75.9 Å². The summed E-state index contributed by atoms with van der Waals surface area (Å²) in [6.07, 6.45) is -18.6. The fraction of sp³-hybridized carbons (Fsp3) is 0.333. The van der Waals surface area contributed by atoms with Crippen molar-refractivity contribution in [1.82, 2.24) is 0 Å². The minimum Gasteiger partial charge on any atom is -0.508 e. The van der Waals surface area contributed by atoms with Gasteiger partial charge in [-0.3, -0.25) is 9.59 Å². The number of phenolic OH excluding ortho intramolecular Hbond substituents is 4. The van der Waals surface area contributed by atoms with Gasteiger partial charge in [-0.25, -0.2) is 0 Å². The van der Waals surface area contributed by atoms with Gasteiger partial charge in [-0.05, 0) is 42.0 Å². The number of aliphatic hydroxyl groups excluding tert-OH is 8. The maximum absolute atomic E-state index is 13.7. The van der Waals surface area contributed by atoms with Crippen molar-refractivity contribution in [2.75, 3.05) is 13.2 Å². The molecule has 20 heteroatoms. The molecular formula is C42H40O20. The monoisotopic (exact) mass is 864 g/mol. The third kappa shape index (κ3) is 7.62. The van der Waals surface area contributed by atoms with E-state index in [0.717, 1.165) is 18.2 Å². The first-order valence-corrected chi connectivity index (χ1v) is 19.1. The van der Waals surface area contributed by atoms with Gasteiger partial charge in [0.25, 0.3) is 0 Å². The van der Waals surface area contributed by atoms with Crippen molar-refractivity contribution in [2.24, 2.45) is 0 Å². The Bertz CT molecular complexity index is 2550. The third-order valence-electron chi connectivity index (χ3n) is 10.9. The Balaban J connectivity index is 1.22. The predicted octanol–water partition coefficient (Wildman–Crippen LogP) is 0.0133. The summed E-state index contributed by atoms with van der Waals surface area (Å²) in [6, 6.07) is 13.8. The molecule has 3 aliphatic heterocycles. The van der Waals surface area contributed by atoms with Gasteiger partial charge in [-0.2, -0.15) is 0 Å². The van der Waals surface area contributed by atoms with E-state index in [2.05, 4.69) is 0 Å². The van der Waals surface area contributed by atoms with E-state index >= 15 is 0 Å². The van der Waals surface area contributed by atoms with Gasteiger partial charge in [0.2, 0.25) is 12.6 Å². The second-order valence-corrected chi connectivity index (χ2v) is 15.0. The first-order valence-electron chi connectivity index (χ1n) is 19.1. The Morgan fingerprint density at radius 2 is 1.26 bits per heavy atom. The molecule has 4 heterocycles. The molecule has 11 unspecified atom stereocenters. The molecule has 4 aromatic carbocycles. The molecule has 62 heavy (non-hydrogen) atoms.